The molecule has 0 fully saturated rings. The molecule has 0 radical (unpaired) electrons. The van der Waals surface area contributed by atoms with Crippen LogP contribution in [0.4, 0.5) is 0 Å². The lowest BCUT2D eigenvalue weighted by molar-refractivity contribution is -0.144. The van der Waals surface area contributed by atoms with Gasteiger partial charge in [0.05, 0.1) is 19.1 Å². The van der Waals surface area contributed by atoms with Crippen molar-refractivity contribution in [2.75, 3.05) is 7.11 Å². The highest BCUT2D eigenvalue weighted by molar-refractivity contribution is 5.71. The standard InChI is InChI=1S/C18H28O2.C6H12O2/c1-14-10-11-15-6-2-4-9-18(15)17(14)8-5-3-7-16(20)12-13-19;1-4-5(2)6(7)8-3/h6,10-11,13-14,16-18,20H,2-5,7-9,12H2,1H3;5H,4H2,1-3H3/t14-,16+,17-,18?;/m0./s1. The lowest BCUT2D eigenvalue weighted by Crippen LogP contribution is -2.27. The molecule has 4 nitrogen and oxygen atoms in total. The molecule has 2 aliphatic rings. The molecule has 2 aliphatic carbocycles. The number of methoxy groups -OCH3 is 1. The molecule has 1 N–H and O–H groups in total. The number of aliphatic hydroxyl groups excluding tert-OH is 1. The average Bonchev–Trinajstić information content (AvgIpc) is 2.71. The van der Waals surface area contributed by atoms with E-state index in [-0.39, 0.29) is 18.3 Å². The first-order valence-corrected chi connectivity index (χ1v) is 11.0. The zero-order chi connectivity index (χ0) is 20.9. The van der Waals surface area contributed by atoms with E-state index in [1.54, 1.807) is 5.57 Å². The van der Waals surface area contributed by atoms with Crippen LogP contribution in [-0.2, 0) is 14.3 Å². The highest BCUT2D eigenvalue weighted by Gasteiger charge is 2.31. The number of carbonyl (C=O) groups is 2. The van der Waals surface area contributed by atoms with Gasteiger partial charge in [0.25, 0.3) is 0 Å². The van der Waals surface area contributed by atoms with E-state index in [9.17, 15) is 14.7 Å². The third-order valence-corrected chi connectivity index (χ3v) is 6.22. The Morgan fingerprint density at radius 1 is 1.39 bits per heavy atom. The van der Waals surface area contributed by atoms with Crippen LogP contribution in [0.5, 0.6) is 0 Å². The number of aliphatic hydroxyl groups is 1. The van der Waals surface area contributed by atoms with Gasteiger partial charge in [-0.2, -0.15) is 0 Å². The van der Waals surface area contributed by atoms with E-state index in [1.165, 1.54) is 39.2 Å². The second-order valence-corrected chi connectivity index (χ2v) is 8.30. The molecule has 0 aliphatic heterocycles. The number of ether oxygens (including phenoxy) is 1. The van der Waals surface area contributed by atoms with E-state index >= 15 is 0 Å². The largest absolute Gasteiger partial charge is 0.469 e. The number of hydrogen-bond donors (Lipinski definition) is 1. The van der Waals surface area contributed by atoms with Gasteiger partial charge < -0.3 is 14.6 Å². The van der Waals surface area contributed by atoms with Gasteiger partial charge in [-0.1, -0.05) is 51.8 Å². The van der Waals surface area contributed by atoms with Gasteiger partial charge in [-0.15, -0.1) is 0 Å². The molecule has 28 heavy (non-hydrogen) atoms. The fourth-order valence-corrected chi connectivity index (χ4v) is 4.17. The van der Waals surface area contributed by atoms with Crippen LogP contribution < -0.4 is 0 Å². The van der Waals surface area contributed by atoms with Crippen molar-refractivity contribution in [1.82, 2.24) is 0 Å². The minimum Gasteiger partial charge on any atom is -0.469 e. The summed E-state index contributed by atoms with van der Waals surface area (Å²) in [6.45, 7) is 6.15. The number of hydrogen-bond acceptors (Lipinski definition) is 4. The van der Waals surface area contributed by atoms with E-state index in [0.29, 0.717) is 5.92 Å². The average molecular weight is 393 g/mol. The number of carbonyl (C=O) groups excluding carboxylic acids is 2. The number of rotatable bonds is 9. The maximum absolute atomic E-state index is 10.5. The quantitative estimate of drug-likeness (QED) is 0.331. The van der Waals surface area contributed by atoms with Crippen molar-refractivity contribution in [3.63, 3.8) is 0 Å². The van der Waals surface area contributed by atoms with Crippen LogP contribution in [0.1, 0.15) is 78.6 Å². The Labute approximate surface area is 171 Å². The molecule has 2 unspecified atom stereocenters. The van der Waals surface area contributed by atoms with Gasteiger partial charge >= 0.3 is 5.97 Å². The zero-order valence-electron chi connectivity index (χ0n) is 18.2. The summed E-state index contributed by atoms with van der Waals surface area (Å²) in [5.74, 6) is 2.15. The molecule has 5 atom stereocenters. The van der Waals surface area contributed by atoms with Gasteiger partial charge in [0.2, 0.25) is 0 Å². The smallest absolute Gasteiger partial charge is 0.308 e. The highest BCUT2D eigenvalue weighted by atomic mass is 16.5. The molecule has 0 bridgehead atoms. The predicted molar refractivity (Wildman–Crippen MR) is 114 cm³/mol. The number of esters is 1. The van der Waals surface area contributed by atoms with Crippen molar-refractivity contribution in [1.29, 1.82) is 0 Å². The van der Waals surface area contributed by atoms with Gasteiger partial charge in [0.15, 0.2) is 0 Å². The van der Waals surface area contributed by atoms with Crippen molar-refractivity contribution in [3.05, 3.63) is 23.8 Å². The lowest BCUT2D eigenvalue weighted by Gasteiger charge is -2.37. The topological polar surface area (TPSA) is 63.6 Å². The van der Waals surface area contributed by atoms with Gasteiger partial charge in [-0.3, -0.25) is 4.79 Å². The highest BCUT2D eigenvalue weighted by Crippen LogP contribution is 2.42. The Morgan fingerprint density at radius 2 is 2.14 bits per heavy atom. The van der Waals surface area contributed by atoms with Crippen LogP contribution in [-0.4, -0.2) is 30.6 Å². The summed E-state index contributed by atoms with van der Waals surface area (Å²) in [4.78, 5) is 20.8. The van der Waals surface area contributed by atoms with E-state index in [0.717, 1.165) is 37.4 Å². The molecule has 0 aromatic heterocycles. The molecule has 0 aromatic carbocycles. The number of unbranched alkanes of at least 4 members (excludes halogenated alkanes) is 1. The molecule has 0 heterocycles. The number of aldehydes is 1. The fourth-order valence-electron chi connectivity index (χ4n) is 4.17. The number of allylic oxidation sites excluding steroid dienone is 4. The van der Waals surface area contributed by atoms with E-state index in [2.05, 4.69) is 29.9 Å². The molecule has 0 saturated heterocycles. The minimum absolute atomic E-state index is 0.0556. The fraction of sp³-hybridized carbons (Fsp3) is 0.750. The molecule has 0 spiro atoms. The molecule has 2 rings (SSSR count). The van der Waals surface area contributed by atoms with Crippen molar-refractivity contribution in [2.24, 2.45) is 23.7 Å². The lowest BCUT2D eigenvalue weighted by atomic mass is 9.68. The first-order valence-electron chi connectivity index (χ1n) is 11.0. The van der Waals surface area contributed by atoms with E-state index < -0.39 is 6.10 Å². The molecular formula is C24H40O4. The SMILES string of the molecule is CCC(C)C(=O)OC.C[C@H]1C=CC2=CCCCC2[C@H]1CCCC[C@@H](O)CC=O. The van der Waals surface area contributed by atoms with E-state index in [4.69, 9.17) is 0 Å². The Hall–Kier alpha value is -1.42. The summed E-state index contributed by atoms with van der Waals surface area (Å²) < 4.78 is 4.46. The number of fused-ring (bicyclic) bond motifs is 1. The van der Waals surface area contributed by atoms with Crippen LogP contribution in [0, 0.1) is 23.7 Å². The molecule has 4 heteroatoms. The first kappa shape index (κ1) is 24.6. The summed E-state index contributed by atoms with van der Waals surface area (Å²) in [5, 5.41) is 9.57. The van der Waals surface area contributed by atoms with Gasteiger partial charge in [-0.05, 0) is 61.9 Å². The summed E-state index contributed by atoms with van der Waals surface area (Å²) in [6.07, 6.45) is 16.8. The second kappa shape index (κ2) is 13.7. The van der Waals surface area contributed by atoms with Crippen LogP contribution in [0.3, 0.4) is 0 Å². The third-order valence-electron chi connectivity index (χ3n) is 6.22. The van der Waals surface area contributed by atoms with Crippen molar-refractivity contribution < 1.29 is 19.4 Å². The van der Waals surface area contributed by atoms with Crippen molar-refractivity contribution >= 4 is 12.3 Å². The summed E-state index contributed by atoms with van der Waals surface area (Å²) in [5.41, 5.74) is 1.57. The van der Waals surface area contributed by atoms with Gasteiger partial charge in [0.1, 0.15) is 6.29 Å². The van der Waals surface area contributed by atoms with Crippen LogP contribution in [0.25, 0.3) is 0 Å². The Morgan fingerprint density at radius 3 is 2.75 bits per heavy atom. The summed E-state index contributed by atoms with van der Waals surface area (Å²) in [6, 6.07) is 0. The Kier molecular flexibility index (Phi) is 12.1. The minimum atomic E-state index is -0.429. The Balaban J connectivity index is 0.000000416. The van der Waals surface area contributed by atoms with Crippen LogP contribution in [0.2, 0.25) is 0 Å². The molecule has 0 aromatic rings. The second-order valence-electron chi connectivity index (χ2n) is 8.30. The summed E-state index contributed by atoms with van der Waals surface area (Å²) in [7, 11) is 1.41. The van der Waals surface area contributed by atoms with Crippen LogP contribution >= 0.6 is 0 Å². The van der Waals surface area contributed by atoms with Crippen molar-refractivity contribution in [3.8, 4) is 0 Å². The normalized spacial score (nSPS) is 25.5. The first-order chi connectivity index (χ1) is 13.4. The van der Waals surface area contributed by atoms with Gasteiger partial charge in [-0.25, -0.2) is 0 Å². The molecule has 0 amide bonds. The maximum atomic E-state index is 10.5. The van der Waals surface area contributed by atoms with Crippen LogP contribution in [0.15, 0.2) is 23.8 Å². The maximum Gasteiger partial charge on any atom is 0.308 e. The Bertz CT molecular complexity index is 523. The van der Waals surface area contributed by atoms with E-state index in [1.807, 2.05) is 13.8 Å². The zero-order valence-corrected chi connectivity index (χ0v) is 18.2. The predicted octanol–water partition coefficient (Wildman–Crippen LogP) is 5.25. The van der Waals surface area contributed by atoms with Gasteiger partial charge in [0, 0.05) is 6.42 Å². The summed E-state index contributed by atoms with van der Waals surface area (Å²) >= 11 is 0. The monoisotopic (exact) mass is 392 g/mol. The third kappa shape index (κ3) is 8.30. The molecule has 160 valence electrons. The molecular weight excluding hydrogens is 352 g/mol. The molecule has 0 saturated carbocycles. The van der Waals surface area contributed by atoms with Crippen molar-refractivity contribution in [2.45, 2.75) is 84.7 Å².